The molecule has 6 heteroatoms. The molecule has 2 aliphatic heterocycles. The Labute approximate surface area is 169 Å². The second kappa shape index (κ2) is 8.44. The molecule has 4 rings (SSSR count). The average molecular weight is 396 g/mol. The lowest BCUT2D eigenvalue weighted by molar-refractivity contribution is 0.0291. The summed E-state index contributed by atoms with van der Waals surface area (Å²) in [5.41, 5.74) is 4.24. The third-order valence-corrected chi connectivity index (χ3v) is 6.21. The van der Waals surface area contributed by atoms with Crippen LogP contribution in [0.25, 0.3) is 11.1 Å². The molecule has 0 amide bonds. The molecule has 28 heavy (non-hydrogen) atoms. The predicted octanol–water partition coefficient (Wildman–Crippen LogP) is 4.10. The quantitative estimate of drug-likeness (QED) is 0.792. The van der Waals surface area contributed by atoms with Gasteiger partial charge >= 0.3 is 0 Å². The van der Waals surface area contributed by atoms with Crippen LogP contribution in [0, 0.1) is 17.1 Å². The highest BCUT2D eigenvalue weighted by atomic mass is 32.2. The van der Waals surface area contributed by atoms with Crippen LogP contribution in [-0.2, 0) is 11.2 Å². The predicted molar refractivity (Wildman–Crippen MR) is 111 cm³/mol. The van der Waals surface area contributed by atoms with Gasteiger partial charge in [-0.05, 0) is 46.3 Å². The van der Waals surface area contributed by atoms with Crippen LogP contribution in [-0.4, -0.2) is 37.3 Å². The second-order valence-corrected chi connectivity index (χ2v) is 8.34. The monoisotopic (exact) mass is 395 g/mol. The topological polar surface area (TPSA) is 57.4 Å². The number of nitriles is 1. The largest absolute Gasteiger partial charge is 0.375 e. The second-order valence-electron chi connectivity index (χ2n) is 7.18. The van der Waals surface area contributed by atoms with Crippen LogP contribution in [0.1, 0.15) is 29.5 Å². The van der Waals surface area contributed by atoms with Crippen LogP contribution >= 0.6 is 11.9 Å². The van der Waals surface area contributed by atoms with E-state index in [-0.39, 0.29) is 17.6 Å². The van der Waals surface area contributed by atoms with Gasteiger partial charge in [0.1, 0.15) is 11.9 Å². The van der Waals surface area contributed by atoms with Gasteiger partial charge in [-0.25, -0.2) is 8.79 Å². The number of nitrogens with zero attached hydrogens (tertiary/aromatic N) is 2. The smallest absolute Gasteiger partial charge is 0.141 e. The van der Waals surface area contributed by atoms with E-state index in [4.69, 9.17) is 10.00 Å². The SMILES string of the molecule is CC1SN=CC1c1c(CC2CNCCO2)cccc1-c1ccc(C#N)c(F)c1. The fraction of sp³-hybridized carbons (Fsp3) is 0.364. The zero-order chi connectivity index (χ0) is 19.5. The fourth-order valence-corrected chi connectivity index (χ4v) is 4.63. The normalized spacial score (nSPS) is 24.2. The highest BCUT2D eigenvalue weighted by Gasteiger charge is 2.29. The molecule has 2 aromatic carbocycles. The molecule has 0 radical (unpaired) electrons. The first-order valence-corrected chi connectivity index (χ1v) is 10.3. The Balaban J connectivity index is 1.79. The number of morpholine rings is 1. The lowest BCUT2D eigenvalue weighted by Gasteiger charge is -2.27. The van der Waals surface area contributed by atoms with Gasteiger partial charge in [-0.15, -0.1) is 0 Å². The van der Waals surface area contributed by atoms with Gasteiger partial charge < -0.3 is 10.1 Å². The molecule has 1 saturated heterocycles. The van der Waals surface area contributed by atoms with E-state index in [0.29, 0.717) is 5.25 Å². The molecular weight excluding hydrogens is 373 g/mol. The zero-order valence-corrected chi connectivity index (χ0v) is 16.5. The molecule has 0 aromatic heterocycles. The first-order valence-electron chi connectivity index (χ1n) is 9.51. The van der Waals surface area contributed by atoms with E-state index in [1.807, 2.05) is 30.5 Å². The Kier molecular flexibility index (Phi) is 5.77. The summed E-state index contributed by atoms with van der Waals surface area (Å²) in [6.45, 7) is 4.60. The molecular formula is C22H22FN3OS. The fourth-order valence-electron chi connectivity index (χ4n) is 3.90. The van der Waals surface area contributed by atoms with E-state index in [1.54, 1.807) is 18.0 Å². The van der Waals surface area contributed by atoms with Gasteiger partial charge in [0, 0.05) is 36.9 Å². The maximum absolute atomic E-state index is 14.3. The Hall–Kier alpha value is -2.20. The number of nitrogens with one attached hydrogen (secondary N) is 1. The van der Waals surface area contributed by atoms with Crippen LogP contribution in [0.3, 0.4) is 0 Å². The van der Waals surface area contributed by atoms with Crippen LogP contribution < -0.4 is 5.32 Å². The minimum Gasteiger partial charge on any atom is -0.375 e. The third kappa shape index (κ3) is 3.83. The highest BCUT2D eigenvalue weighted by Crippen LogP contribution is 2.41. The van der Waals surface area contributed by atoms with E-state index < -0.39 is 5.82 Å². The number of hydrogen-bond donors (Lipinski definition) is 1. The molecule has 144 valence electrons. The van der Waals surface area contributed by atoms with Gasteiger partial charge in [-0.3, -0.25) is 0 Å². The van der Waals surface area contributed by atoms with E-state index >= 15 is 0 Å². The van der Waals surface area contributed by atoms with Gasteiger partial charge in [0.25, 0.3) is 0 Å². The average Bonchev–Trinajstić information content (AvgIpc) is 3.14. The van der Waals surface area contributed by atoms with Gasteiger partial charge in [0.05, 0.1) is 18.3 Å². The molecule has 1 fully saturated rings. The Morgan fingerprint density at radius 1 is 1.36 bits per heavy atom. The van der Waals surface area contributed by atoms with Crippen LogP contribution in [0.15, 0.2) is 40.8 Å². The third-order valence-electron chi connectivity index (χ3n) is 5.34. The maximum atomic E-state index is 14.3. The summed E-state index contributed by atoms with van der Waals surface area (Å²) >= 11 is 1.58. The summed E-state index contributed by atoms with van der Waals surface area (Å²) in [6, 6.07) is 12.9. The van der Waals surface area contributed by atoms with Crippen molar-refractivity contribution in [1.82, 2.24) is 5.32 Å². The van der Waals surface area contributed by atoms with Gasteiger partial charge in [-0.2, -0.15) is 5.26 Å². The summed E-state index contributed by atoms with van der Waals surface area (Å²) in [4.78, 5) is 0. The molecule has 3 unspecified atom stereocenters. The van der Waals surface area contributed by atoms with Crippen molar-refractivity contribution in [3.8, 4) is 17.2 Å². The minimum atomic E-state index is -0.487. The summed E-state index contributed by atoms with van der Waals surface area (Å²) < 4.78 is 24.7. The van der Waals surface area contributed by atoms with Crippen molar-refractivity contribution in [2.24, 2.45) is 4.40 Å². The maximum Gasteiger partial charge on any atom is 0.141 e. The number of halogens is 1. The first-order chi connectivity index (χ1) is 13.7. The summed E-state index contributed by atoms with van der Waals surface area (Å²) in [6.07, 6.45) is 2.93. The lowest BCUT2D eigenvalue weighted by atomic mass is 9.84. The Morgan fingerprint density at radius 2 is 2.25 bits per heavy atom. The van der Waals surface area contributed by atoms with Crippen LogP contribution in [0.2, 0.25) is 0 Å². The van der Waals surface area contributed by atoms with Crippen molar-refractivity contribution >= 4 is 18.2 Å². The number of benzene rings is 2. The van der Waals surface area contributed by atoms with Crippen molar-refractivity contribution in [2.75, 3.05) is 19.7 Å². The summed E-state index contributed by atoms with van der Waals surface area (Å²) in [5.74, 6) is -0.329. The van der Waals surface area contributed by atoms with E-state index in [9.17, 15) is 4.39 Å². The summed E-state index contributed by atoms with van der Waals surface area (Å²) in [5, 5.41) is 12.7. The van der Waals surface area contributed by atoms with Gasteiger partial charge in [-0.1, -0.05) is 31.2 Å². The standard InChI is InChI=1S/C22H22FN3OS/c1-14-20(13-26-28-14)22-16(9-18-12-25-7-8-27-18)3-2-4-19(22)15-5-6-17(11-24)21(23)10-15/h2-6,10,13-14,18,20,25H,7-9,12H2,1H3. The van der Waals surface area contributed by atoms with E-state index in [0.717, 1.165) is 37.2 Å². The van der Waals surface area contributed by atoms with Crippen molar-refractivity contribution in [1.29, 1.82) is 5.26 Å². The Bertz CT molecular complexity index is 934. The molecule has 4 nitrogen and oxygen atoms in total. The van der Waals surface area contributed by atoms with E-state index in [1.165, 1.54) is 17.2 Å². The summed E-state index contributed by atoms with van der Waals surface area (Å²) in [7, 11) is 0. The van der Waals surface area contributed by atoms with Crippen molar-refractivity contribution in [3.63, 3.8) is 0 Å². The number of ether oxygens (including phenoxy) is 1. The molecule has 2 heterocycles. The molecule has 0 bridgehead atoms. The molecule has 2 aromatic rings. The molecule has 2 aliphatic rings. The Morgan fingerprint density at radius 3 is 2.93 bits per heavy atom. The van der Waals surface area contributed by atoms with Gasteiger partial charge in [0.2, 0.25) is 0 Å². The molecule has 0 spiro atoms. The van der Waals surface area contributed by atoms with Gasteiger partial charge in [0.15, 0.2) is 0 Å². The van der Waals surface area contributed by atoms with Crippen molar-refractivity contribution < 1.29 is 9.13 Å². The van der Waals surface area contributed by atoms with Crippen LogP contribution in [0.5, 0.6) is 0 Å². The molecule has 0 saturated carbocycles. The van der Waals surface area contributed by atoms with Crippen molar-refractivity contribution in [2.45, 2.75) is 30.6 Å². The van der Waals surface area contributed by atoms with E-state index in [2.05, 4.69) is 22.7 Å². The van der Waals surface area contributed by atoms with Crippen molar-refractivity contribution in [3.05, 3.63) is 58.9 Å². The zero-order valence-electron chi connectivity index (χ0n) is 15.7. The minimum absolute atomic E-state index is 0.0643. The molecule has 0 aliphatic carbocycles. The highest BCUT2D eigenvalue weighted by molar-refractivity contribution is 7.99. The first kappa shape index (κ1) is 19.1. The molecule has 1 N–H and O–H groups in total. The van der Waals surface area contributed by atoms with Crippen LogP contribution in [0.4, 0.5) is 4.39 Å². The lowest BCUT2D eigenvalue weighted by Crippen LogP contribution is -2.39. The molecule has 3 atom stereocenters. The number of rotatable bonds is 4. The number of hydrogen-bond acceptors (Lipinski definition) is 5.